The van der Waals surface area contributed by atoms with Crippen LogP contribution in [0.25, 0.3) is 6.08 Å². The molecule has 1 N–H and O–H groups in total. The van der Waals surface area contributed by atoms with Gasteiger partial charge in [0.05, 0.1) is 4.90 Å². The highest BCUT2D eigenvalue weighted by Gasteiger charge is 2.32. The molecule has 1 aliphatic heterocycles. The van der Waals surface area contributed by atoms with Crippen molar-refractivity contribution in [2.24, 2.45) is 11.8 Å². The molecule has 1 aliphatic carbocycles. The zero-order valence-electron chi connectivity index (χ0n) is 15.1. The highest BCUT2D eigenvalue weighted by molar-refractivity contribution is 7.89. The number of hydrogen-bond acceptors (Lipinski definition) is 3. The first-order valence-electron chi connectivity index (χ1n) is 8.93. The molecule has 0 saturated carbocycles. The summed E-state index contributed by atoms with van der Waals surface area (Å²) >= 11 is 0. The van der Waals surface area contributed by atoms with Crippen LogP contribution in [-0.4, -0.2) is 38.3 Å². The van der Waals surface area contributed by atoms with Crippen molar-refractivity contribution in [3.05, 3.63) is 34.9 Å². The molecule has 2 aliphatic rings. The second-order valence-corrected chi connectivity index (χ2v) is 9.27. The largest absolute Gasteiger partial charge is 0.353 e. The van der Waals surface area contributed by atoms with E-state index < -0.39 is 10.0 Å². The van der Waals surface area contributed by atoms with Crippen LogP contribution in [0, 0.1) is 11.8 Å². The average Bonchev–Trinajstić information content (AvgIpc) is 2.97. The van der Waals surface area contributed by atoms with Crippen molar-refractivity contribution in [3.8, 4) is 0 Å². The molecule has 1 aromatic rings. The molecule has 25 heavy (non-hydrogen) atoms. The van der Waals surface area contributed by atoms with Gasteiger partial charge in [-0.2, -0.15) is 4.31 Å². The molecule has 1 amide bonds. The van der Waals surface area contributed by atoms with Crippen molar-refractivity contribution in [1.82, 2.24) is 9.62 Å². The van der Waals surface area contributed by atoms with Gasteiger partial charge >= 0.3 is 0 Å². The van der Waals surface area contributed by atoms with Crippen LogP contribution in [0.3, 0.4) is 0 Å². The minimum Gasteiger partial charge on any atom is -0.353 e. The molecular formula is C19H26N2O3S. The molecule has 1 saturated heterocycles. The van der Waals surface area contributed by atoms with Gasteiger partial charge in [0.2, 0.25) is 15.9 Å². The Balaban J connectivity index is 1.87. The molecule has 3 rings (SSSR count). The maximum absolute atomic E-state index is 13.0. The minimum atomic E-state index is -3.49. The molecule has 0 aromatic heterocycles. The maximum Gasteiger partial charge on any atom is 0.247 e. The SMILES string of the molecule is CCNC(=O)C1=Cc2cc(S(=O)(=O)N3CC(C)CC(C)C3)ccc2C1. The highest BCUT2D eigenvalue weighted by Crippen LogP contribution is 2.31. The summed E-state index contributed by atoms with van der Waals surface area (Å²) in [7, 11) is -3.49. The lowest BCUT2D eigenvalue weighted by Crippen LogP contribution is -2.42. The molecule has 136 valence electrons. The summed E-state index contributed by atoms with van der Waals surface area (Å²) in [5, 5.41) is 2.79. The third-order valence-corrected chi connectivity index (χ3v) is 6.76. The van der Waals surface area contributed by atoms with Crippen LogP contribution in [-0.2, 0) is 21.2 Å². The van der Waals surface area contributed by atoms with Crippen molar-refractivity contribution in [1.29, 1.82) is 0 Å². The summed E-state index contributed by atoms with van der Waals surface area (Å²) in [6.45, 7) is 7.81. The molecule has 2 atom stereocenters. The van der Waals surface area contributed by atoms with E-state index in [9.17, 15) is 13.2 Å². The predicted octanol–water partition coefficient (Wildman–Crippen LogP) is 2.43. The Kier molecular flexibility index (Phi) is 5.02. The van der Waals surface area contributed by atoms with Gasteiger partial charge in [-0.05, 0) is 54.5 Å². The summed E-state index contributed by atoms with van der Waals surface area (Å²) in [5.74, 6) is 0.663. The van der Waals surface area contributed by atoms with Gasteiger partial charge in [-0.1, -0.05) is 19.9 Å². The summed E-state index contributed by atoms with van der Waals surface area (Å²) in [6.07, 6.45) is 3.43. The lowest BCUT2D eigenvalue weighted by Gasteiger charge is -2.34. The van der Waals surface area contributed by atoms with E-state index in [0.717, 1.165) is 17.5 Å². The van der Waals surface area contributed by atoms with Crippen molar-refractivity contribution in [3.63, 3.8) is 0 Å². The molecule has 5 nitrogen and oxygen atoms in total. The lowest BCUT2D eigenvalue weighted by atomic mass is 9.94. The maximum atomic E-state index is 13.0. The van der Waals surface area contributed by atoms with Gasteiger partial charge in [0.15, 0.2) is 0 Å². The summed E-state index contributed by atoms with van der Waals surface area (Å²) in [5.41, 5.74) is 2.52. The highest BCUT2D eigenvalue weighted by atomic mass is 32.2. The molecule has 0 radical (unpaired) electrons. The zero-order valence-corrected chi connectivity index (χ0v) is 15.9. The van der Waals surface area contributed by atoms with Gasteiger partial charge < -0.3 is 5.32 Å². The zero-order chi connectivity index (χ0) is 18.2. The van der Waals surface area contributed by atoms with Gasteiger partial charge in [0.1, 0.15) is 0 Å². The average molecular weight is 362 g/mol. The topological polar surface area (TPSA) is 66.5 Å². The van der Waals surface area contributed by atoms with E-state index in [-0.39, 0.29) is 5.91 Å². The van der Waals surface area contributed by atoms with Gasteiger partial charge in [-0.15, -0.1) is 0 Å². The number of likely N-dealkylation sites (N-methyl/N-ethyl adjacent to an activating group) is 1. The molecule has 6 heteroatoms. The van der Waals surface area contributed by atoms with E-state index in [1.807, 2.05) is 13.0 Å². The Labute approximate surface area is 150 Å². The molecule has 0 bridgehead atoms. The number of carbonyl (C=O) groups is 1. The quantitative estimate of drug-likeness (QED) is 0.894. The van der Waals surface area contributed by atoms with Gasteiger partial charge in [-0.3, -0.25) is 4.79 Å². The van der Waals surface area contributed by atoms with Crippen molar-refractivity contribution >= 4 is 22.0 Å². The number of benzene rings is 1. The number of fused-ring (bicyclic) bond motifs is 1. The Bertz CT molecular complexity index is 804. The van der Waals surface area contributed by atoms with E-state index in [2.05, 4.69) is 19.2 Å². The van der Waals surface area contributed by atoms with E-state index >= 15 is 0 Å². The summed E-state index contributed by atoms with van der Waals surface area (Å²) in [6, 6.07) is 5.22. The number of nitrogens with one attached hydrogen (secondary N) is 1. The number of hydrogen-bond donors (Lipinski definition) is 1. The van der Waals surface area contributed by atoms with Crippen molar-refractivity contribution < 1.29 is 13.2 Å². The molecular weight excluding hydrogens is 336 g/mol. The van der Waals surface area contributed by atoms with E-state index in [4.69, 9.17) is 0 Å². The summed E-state index contributed by atoms with van der Waals surface area (Å²) < 4.78 is 27.7. The second-order valence-electron chi connectivity index (χ2n) is 7.33. The standard InChI is InChI=1S/C19H26N2O3S/c1-4-20-19(22)17-8-15-5-6-18(10-16(15)9-17)25(23,24)21-11-13(2)7-14(3)12-21/h5-6,9-10,13-14H,4,7-8,11-12H2,1-3H3,(H,20,22). The van der Waals surface area contributed by atoms with Crippen LogP contribution in [0.5, 0.6) is 0 Å². The monoisotopic (exact) mass is 362 g/mol. The number of amides is 1. The van der Waals surface area contributed by atoms with Crippen molar-refractivity contribution in [2.75, 3.05) is 19.6 Å². The van der Waals surface area contributed by atoms with Crippen molar-refractivity contribution in [2.45, 2.75) is 38.5 Å². The fourth-order valence-corrected chi connectivity index (χ4v) is 5.56. The number of sulfonamides is 1. The minimum absolute atomic E-state index is 0.0817. The number of piperidine rings is 1. The first-order valence-corrected chi connectivity index (χ1v) is 10.4. The first-order chi connectivity index (χ1) is 11.8. The normalized spacial score (nSPS) is 23.9. The Hall–Kier alpha value is -1.66. The molecule has 1 fully saturated rings. The van der Waals surface area contributed by atoms with Crippen LogP contribution in [0.1, 0.15) is 38.3 Å². The van der Waals surface area contributed by atoms with Gasteiger partial charge in [-0.25, -0.2) is 8.42 Å². The van der Waals surface area contributed by atoms with E-state index in [1.165, 1.54) is 0 Å². The van der Waals surface area contributed by atoms with E-state index in [0.29, 0.717) is 48.4 Å². The lowest BCUT2D eigenvalue weighted by molar-refractivity contribution is -0.117. The second kappa shape index (κ2) is 6.92. The number of rotatable bonds is 4. The van der Waals surface area contributed by atoms with Crippen LogP contribution in [0.15, 0.2) is 28.7 Å². The van der Waals surface area contributed by atoms with Gasteiger partial charge in [0, 0.05) is 31.6 Å². The Morgan fingerprint density at radius 1 is 1.24 bits per heavy atom. The molecule has 2 unspecified atom stereocenters. The first kappa shape index (κ1) is 18.1. The van der Waals surface area contributed by atoms with E-state index in [1.54, 1.807) is 22.5 Å². The Morgan fingerprint density at radius 3 is 2.56 bits per heavy atom. The van der Waals surface area contributed by atoms with Crippen LogP contribution < -0.4 is 5.32 Å². The van der Waals surface area contributed by atoms with Gasteiger partial charge in [0.25, 0.3) is 0 Å². The smallest absolute Gasteiger partial charge is 0.247 e. The predicted molar refractivity (Wildman–Crippen MR) is 98.5 cm³/mol. The summed E-state index contributed by atoms with van der Waals surface area (Å²) in [4.78, 5) is 12.3. The van der Waals surface area contributed by atoms with Crippen LogP contribution in [0.2, 0.25) is 0 Å². The number of carbonyl (C=O) groups excluding carboxylic acids is 1. The fraction of sp³-hybridized carbons (Fsp3) is 0.526. The molecule has 1 aromatic carbocycles. The Morgan fingerprint density at radius 2 is 1.92 bits per heavy atom. The third kappa shape index (κ3) is 3.65. The van der Waals surface area contributed by atoms with Crippen LogP contribution >= 0.6 is 0 Å². The number of nitrogens with zero attached hydrogens (tertiary/aromatic N) is 1. The molecule has 1 heterocycles. The molecule has 0 spiro atoms. The van der Waals surface area contributed by atoms with Crippen LogP contribution in [0.4, 0.5) is 0 Å². The third-order valence-electron chi connectivity index (χ3n) is 4.93. The fourth-order valence-electron chi connectivity index (χ4n) is 3.84.